The number of hydrogen-bond donors (Lipinski definition) is 1. The predicted octanol–water partition coefficient (Wildman–Crippen LogP) is 3.25. The number of hydrogen-bond acceptors (Lipinski definition) is 7. The van der Waals surface area contributed by atoms with Gasteiger partial charge in [0, 0.05) is 29.7 Å². The molecule has 0 amide bonds. The summed E-state index contributed by atoms with van der Waals surface area (Å²) in [7, 11) is 3.00. The van der Waals surface area contributed by atoms with E-state index in [4.69, 9.17) is 23.4 Å². The van der Waals surface area contributed by atoms with Crippen molar-refractivity contribution in [2.45, 2.75) is 6.42 Å². The maximum atomic E-state index is 12.8. The molecule has 4 rings (SSSR count). The summed E-state index contributed by atoms with van der Waals surface area (Å²) in [6.45, 7) is 0.0898. The number of fused-ring (bicyclic) bond motifs is 2. The lowest BCUT2D eigenvalue weighted by Crippen LogP contribution is -2.09. The van der Waals surface area contributed by atoms with Gasteiger partial charge in [0.1, 0.15) is 23.3 Å². The number of methoxy groups -OCH3 is 2. The predicted molar refractivity (Wildman–Crippen MR) is 107 cm³/mol. The third kappa shape index (κ3) is 3.55. The first kappa shape index (κ1) is 19.4. The van der Waals surface area contributed by atoms with Crippen LogP contribution < -0.4 is 24.4 Å². The van der Waals surface area contributed by atoms with E-state index in [0.717, 1.165) is 0 Å². The van der Waals surface area contributed by atoms with Crippen molar-refractivity contribution in [3.63, 3.8) is 0 Å². The molecule has 30 heavy (non-hydrogen) atoms. The fourth-order valence-corrected chi connectivity index (χ4v) is 3.23. The van der Waals surface area contributed by atoms with Gasteiger partial charge < -0.3 is 28.5 Å². The highest BCUT2D eigenvalue weighted by molar-refractivity contribution is 5.93. The van der Waals surface area contributed by atoms with E-state index < -0.39 is 5.97 Å². The fraction of sp³-hybridized carbons (Fsp3) is 0.182. The van der Waals surface area contributed by atoms with Crippen molar-refractivity contribution in [1.29, 1.82) is 0 Å². The second-order valence-corrected chi connectivity index (χ2v) is 6.55. The summed E-state index contributed by atoms with van der Waals surface area (Å²) in [5.74, 6) is 0.889. The van der Waals surface area contributed by atoms with Crippen molar-refractivity contribution in [3.05, 3.63) is 63.5 Å². The average Bonchev–Trinajstić information content (AvgIpc) is 3.21. The maximum Gasteiger partial charge on any atom is 0.331 e. The zero-order valence-electron chi connectivity index (χ0n) is 16.3. The molecule has 0 spiro atoms. The Morgan fingerprint density at radius 2 is 1.90 bits per heavy atom. The Morgan fingerprint density at radius 1 is 1.13 bits per heavy atom. The standard InChI is InChI=1S/C22H18O8/c1-26-15-3-4-16-18(8-15)28-10-14(21(16)23)6-13(22(24)25)5-12-7-19-20(30-11-29-19)9-17(12)27-2/h3-4,6-10H,5,11H2,1-2H3,(H,24,25)/b13-6-. The van der Waals surface area contributed by atoms with Crippen molar-refractivity contribution >= 4 is 23.0 Å². The van der Waals surface area contributed by atoms with Gasteiger partial charge in [0.25, 0.3) is 0 Å². The van der Waals surface area contributed by atoms with Crippen molar-refractivity contribution < 1.29 is 33.3 Å². The van der Waals surface area contributed by atoms with E-state index in [-0.39, 0.29) is 29.8 Å². The second kappa shape index (κ2) is 7.82. The number of carboxylic acid groups (broad SMARTS) is 1. The fourth-order valence-electron chi connectivity index (χ4n) is 3.23. The number of ether oxygens (including phenoxy) is 4. The molecule has 0 saturated carbocycles. The summed E-state index contributed by atoms with van der Waals surface area (Å²) in [6.07, 6.45) is 2.56. The molecule has 3 aromatic rings. The monoisotopic (exact) mass is 410 g/mol. The van der Waals surface area contributed by atoms with Crippen LogP contribution >= 0.6 is 0 Å². The molecule has 8 heteroatoms. The Morgan fingerprint density at radius 3 is 2.60 bits per heavy atom. The molecule has 0 aliphatic carbocycles. The van der Waals surface area contributed by atoms with Gasteiger partial charge in [-0.25, -0.2) is 4.79 Å². The molecular weight excluding hydrogens is 392 g/mol. The van der Waals surface area contributed by atoms with Gasteiger partial charge in [0.2, 0.25) is 6.79 Å². The summed E-state index contributed by atoms with van der Waals surface area (Å²) in [6, 6.07) is 8.14. The van der Waals surface area contributed by atoms with E-state index in [1.807, 2.05) is 0 Å². The molecule has 0 radical (unpaired) electrons. The third-order valence-electron chi connectivity index (χ3n) is 4.77. The quantitative estimate of drug-likeness (QED) is 0.618. The number of aliphatic carboxylic acids is 1. The van der Waals surface area contributed by atoms with Gasteiger partial charge in [0.05, 0.1) is 25.2 Å². The molecule has 1 aliphatic rings. The van der Waals surface area contributed by atoms with E-state index in [1.165, 1.54) is 26.6 Å². The maximum absolute atomic E-state index is 12.8. The van der Waals surface area contributed by atoms with Gasteiger partial charge in [-0.15, -0.1) is 0 Å². The minimum absolute atomic E-state index is 0.00710. The normalized spacial score (nSPS) is 12.8. The van der Waals surface area contributed by atoms with Crippen LogP contribution in [0.25, 0.3) is 17.0 Å². The van der Waals surface area contributed by atoms with Crippen LogP contribution in [0.15, 0.2) is 51.4 Å². The number of carboxylic acids is 1. The Balaban J connectivity index is 1.75. The molecular formula is C22H18O8. The summed E-state index contributed by atoms with van der Waals surface area (Å²) < 4.78 is 26.7. The summed E-state index contributed by atoms with van der Waals surface area (Å²) in [4.78, 5) is 24.7. The zero-order valence-corrected chi connectivity index (χ0v) is 16.3. The smallest absolute Gasteiger partial charge is 0.331 e. The minimum atomic E-state index is -1.16. The highest BCUT2D eigenvalue weighted by Gasteiger charge is 2.20. The van der Waals surface area contributed by atoms with Crippen molar-refractivity contribution in [2.75, 3.05) is 21.0 Å². The van der Waals surface area contributed by atoms with E-state index in [2.05, 4.69) is 0 Å². The van der Waals surface area contributed by atoms with Crippen molar-refractivity contribution in [3.8, 4) is 23.0 Å². The van der Waals surface area contributed by atoms with E-state index in [0.29, 0.717) is 39.5 Å². The Labute approximate surface area is 170 Å². The second-order valence-electron chi connectivity index (χ2n) is 6.55. The van der Waals surface area contributed by atoms with Crippen LogP contribution in [0.4, 0.5) is 0 Å². The van der Waals surface area contributed by atoms with Crippen LogP contribution in [-0.4, -0.2) is 32.1 Å². The molecule has 0 bridgehead atoms. The van der Waals surface area contributed by atoms with Crippen LogP contribution in [0.2, 0.25) is 0 Å². The molecule has 154 valence electrons. The highest BCUT2D eigenvalue weighted by atomic mass is 16.7. The zero-order chi connectivity index (χ0) is 21.3. The van der Waals surface area contributed by atoms with Gasteiger partial charge in [-0.1, -0.05) is 0 Å². The largest absolute Gasteiger partial charge is 0.497 e. The summed E-state index contributed by atoms with van der Waals surface area (Å²) in [5, 5.41) is 10.0. The molecule has 0 fully saturated rings. The van der Waals surface area contributed by atoms with Gasteiger partial charge >= 0.3 is 5.97 Å². The topological polar surface area (TPSA) is 104 Å². The van der Waals surface area contributed by atoms with E-state index in [9.17, 15) is 14.7 Å². The van der Waals surface area contributed by atoms with Crippen molar-refractivity contribution in [2.24, 2.45) is 0 Å². The molecule has 1 N–H and O–H groups in total. The van der Waals surface area contributed by atoms with E-state index in [1.54, 1.807) is 30.3 Å². The summed E-state index contributed by atoms with van der Waals surface area (Å²) >= 11 is 0. The molecule has 0 saturated heterocycles. The third-order valence-corrected chi connectivity index (χ3v) is 4.77. The summed E-state index contributed by atoms with van der Waals surface area (Å²) in [5.41, 5.74) is 0.725. The van der Waals surface area contributed by atoms with Crippen LogP contribution in [0.5, 0.6) is 23.0 Å². The van der Waals surface area contributed by atoms with E-state index >= 15 is 0 Å². The van der Waals surface area contributed by atoms with Crippen LogP contribution in [0.1, 0.15) is 11.1 Å². The molecule has 1 aliphatic heterocycles. The first-order valence-corrected chi connectivity index (χ1v) is 9.00. The van der Waals surface area contributed by atoms with Gasteiger partial charge in [-0.2, -0.15) is 0 Å². The van der Waals surface area contributed by atoms with Crippen molar-refractivity contribution in [1.82, 2.24) is 0 Å². The first-order chi connectivity index (χ1) is 14.5. The lowest BCUT2D eigenvalue weighted by atomic mass is 10.0. The molecule has 2 aromatic carbocycles. The molecule has 2 heterocycles. The van der Waals surface area contributed by atoms with Crippen LogP contribution in [0, 0.1) is 0 Å². The lowest BCUT2D eigenvalue weighted by molar-refractivity contribution is -0.132. The molecule has 0 atom stereocenters. The SMILES string of the molecule is COc1ccc2c(=O)c(/C=C(/Cc3cc4c(cc3OC)OCO4)C(=O)O)coc2c1. The number of benzene rings is 2. The Bertz CT molecular complexity index is 1220. The first-order valence-electron chi connectivity index (χ1n) is 9.00. The van der Waals surface area contributed by atoms with Crippen LogP contribution in [0.3, 0.4) is 0 Å². The van der Waals surface area contributed by atoms with Crippen LogP contribution in [-0.2, 0) is 11.2 Å². The molecule has 8 nitrogen and oxygen atoms in total. The number of rotatable bonds is 6. The van der Waals surface area contributed by atoms with Gasteiger partial charge in [-0.05, 0) is 24.3 Å². The van der Waals surface area contributed by atoms with Gasteiger partial charge in [-0.3, -0.25) is 4.79 Å². The highest BCUT2D eigenvalue weighted by Crippen LogP contribution is 2.39. The average molecular weight is 410 g/mol. The molecule has 1 aromatic heterocycles. The Hall–Kier alpha value is -3.94. The minimum Gasteiger partial charge on any atom is -0.497 e. The number of carbonyl (C=O) groups is 1. The lowest BCUT2D eigenvalue weighted by Gasteiger charge is -2.10. The molecule has 0 unspecified atom stereocenters. The van der Waals surface area contributed by atoms with Gasteiger partial charge in [0.15, 0.2) is 16.9 Å². The Kier molecular flexibility index (Phi) is 5.05.